The number of nitrogens with one attached hydrogen (secondary N) is 1. The molecule has 0 aromatic heterocycles. The lowest BCUT2D eigenvalue weighted by Gasteiger charge is -2.50. The number of aliphatic hydroxyl groups excluding tert-OH is 2. The van der Waals surface area contributed by atoms with Crippen LogP contribution in [0.2, 0.25) is 0 Å². The van der Waals surface area contributed by atoms with Crippen molar-refractivity contribution in [3.05, 3.63) is 39.4 Å². The Morgan fingerprint density at radius 3 is 2.42 bits per heavy atom. The van der Waals surface area contributed by atoms with Crippen molar-refractivity contribution in [2.45, 2.75) is 57.1 Å². The van der Waals surface area contributed by atoms with E-state index in [9.17, 15) is 39.6 Å². The number of benzene rings is 1. The number of carbonyl (C=O) groups is 4. The van der Waals surface area contributed by atoms with Crippen LogP contribution in [0.15, 0.2) is 16.9 Å². The molecule has 1 aromatic carbocycles. The van der Waals surface area contributed by atoms with Crippen LogP contribution in [-0.4, -0.2) is 74.4 Å². The number of likely N-dealkylation sites (N-methyl/N-ethyl adjacent to an activating group) is 1. The van der Waals surface area contributed by atoms with Crippen LogP contribution in [0.5, 0.6) is 5.75 Å². The molecule has 0 saturated heterocycles. The van der Waals surface area contributed by atoms with Crippen LogP contribution in [0.25, 0.3) is 5.76 Å². The molecule has 5 rings (SSSR count). The first kappa shape index (κ1) is 27.8. The van der Waals surface area contributed by atoms with Gasteiger partial charge in [-0.25, -0.2) is 4.39 Å². The molecule has 0 bridgehead atoms. The average molecular weight is 558 g/mol. The number of hydrogen-bond acceptors (Lipinski definition) is 9. The number of hydrogen-bond donors (Lipinski definition) is 6. The Hall–Kier alpha value is -3.77. The quantitative estimate of drug-likeness (QED) is 0.229. The second kappa shape index (κ2) is 9.41. The molecular weight excluding hydrogens is 525 g/mol. The van der Waals surface area contributed by atoms with Gasteiger partial charge in [-0.15, -0.1) is 0 Å². The number of rotatable bonds is 5. The number of carbonyl (C=O) groups excluding carboxylic acids is 4. The van der Waals surface area contributed by atoms with Crippen molar-refractivity contribution in [2.75, 3.05) is 19.4 Å². The van der Waals surface area contributed by atoms with E-state index < -0.39 is 81.4 Å². The first-order valence-corrected chi connectivity index (χ1v) is 13.3. The van der Waals surface area contributed by atoms with Gasteiger partial charge >= 0.3 is 0 Å². The minimum atomic E-state index is -2.78. The largest absolute Gasteiger partial charge is 0.508 e. The van der Waals surface area contributed by atoms with Gasteiger partial charge in [0.2, 0.25) is 11.7 Å². The minimum absolute atomic E-state index is 0.0488. The summed E-state index contributed by atoms with van der Waals surface area (Å²) in [5, 5.41) is 47.5. The number of amides is 2. The zero-order valence-electron chi connectivity index (χ0n) is 22.4. The van der Waals surface area contributed by atoms with Gasteiger partial charge in [0.05, 0.1) is 17.3 Å². The number of unbranched alkanes of at least 4 members (excludes halogenated alkanes) is 1. The Bertz CT molecular complexity index is 1450. The number of anilines is 1. The van der Waals surface area contributed by atoms with Gasteiger partial charge in [-0.2, -0.15) is 0 Å². The van der Waals surface area contributed by atoms with E-state index in [1.807, 2.05) is 6.92 Å². The predicted octanol–water partition coefficient (Wildman–Crippen LogP) is 1.40. The second-order valence-electron chi connectivity index (χ2n) is 11.4. The zero-order chi connectivity index (χ0) is 29.4. The molecule has 5 atom stereocenters. The lowest BCUT2D eigenvalue weighted by Crippen LogP contribution is -2.65. The summed E-state index contributed by atoms with van der Waals surface area (Å²) in [6.07, 6.45) is 1.91. The van der Waals surface area contributed by atoms with Crippen LogP contribution < -0.4 is 11.1 Å². The van der Waals surface area contributed by atoms with Gasteiger partial charge in [0.25, 0.3) is 5.91 Å². The number of phenolic OH excluding ortho intramolecular Hbond substituents is 1. The van der Waals surface area contributed by atoms with E-state index in [4.69, 9.17) is 5.73 Å². The van der Waals surface area contributed by atoms with Gasteiger partial charge in [-0.3, -0.25) is 24.1 Å². The fourth-order valence-electron chi connectivity index (χ4n) is 6.97. The first-order valence-electron chi connectivity index (χ1n) is 13.3. The van der Waals surface area contributed by atoms with Gasteiger partial charge < -0.3 is 31.5 Å². The molecule has 0 spiro atoms. The van der Waals surface area contributed by atoms with Crippen LogP contribution in [0.3, 0.4) is 0 Å². The van der Waals surface area contributed by atoms with Crippen molar-refractivity contribution in [3.8, 4) is 5.75 Å². The van der Waals surface area contributed by atoms with Gasteiger partial charge in [0.1, 0.15) is 22.9 Å². The van der Waals surface area contributed by atoms with E-state index in [-0.39, 0.29) is 47.2 Å². The first-order chi connectivity index (χ1) is 18.8. The van der Waals surface area contributed by atoms with Crippen LogP contribution in [0, 0.1) is 23.6 Å². The minimum Gasteiger partial charge on any atom is -0.508 e. The monoisotopic (exact) mass is 557 g/mol. The molecule has 1 heterocycles. The molecule has 3 aliphatic carbocycles. The van der Waals surface area contributed by atoms with Crippen LogP contribution in [0.1, 0.15) is 49.3 Å². The highest BCUT2D eigenvalue weighted by molar-refractivity contribution is 6.24. The molecule has 1 unspecified atom stereocenters. The molecule has 1 aromatic rings. The summed E-state index contributed by atoms with van der Waals surface area (Å²) in [6, 6.07) is -1.23. The van der Waals surface area contributed by atoms with E-state index >= 15 is 4.39 Å². The van der Waals surface area contributed by atoms with Gasteiger partial charge in [0, 0.05) is 28.5 Å². The van der Waals surface area contributed by atoms with Crippen molar-refractivity contribution in [1.82, 2.24) is 4.90 Å². The molecule has 4 aliphatic rings. The summed E-state index contributed by atoms with van der Waals surface area (Å²) in [5.41, 5.74) is 0.723. The SMILES string of the molecule is CCCCC1Cc2c(F)c3c(c(O)c2NC1=O)C(O)=C1C(=O)[C@@]2(O)C(O)=C(C(N)=O)C(=O)[C@H](N(C)C)[C@H]2C[C@H]1C3. The van der Waals surface area contributed by atoms with Crippen molar-refractivity contribution < 1.29 is 44.0 Å². The number of primary amides is 1. The Labute approximate surface area is 229 Å². The molecule has 1 aliphatic heterocycles. The predicted molar refractivity (Wildman–Crippen MR) is 140 cm³/mol. The molecule has 7 N–H and O–H groups in total. The van der Waals surface area contributed by atoms with E-state index in [0.717, 1.165) is 12.8 Å². The number of fused-ring (bicyclic) bond motifs is 4. The number of Topliss-reactive ketones (excluding diaryl/α,β-unsaturated/α-hetero) is 2. The third-order valence-electron chi connectivity index (χ3n) is 8.90. The summed E-state index contributed by atoms with van der Waals surface area (Å²) in [5.74, 6) is -9.73. The third kappa shape index (κ3) is 3.62. The van der Waals surface area contributed by atoms with Gasteiger partial charge in [-0.1, -0.05) is 19.8 Å². The molecule has 0 radical (unpaired) electrons. The van der Waals surface area contributed by atoms with Crippen molar-refractivity contribution in [2.24, 2.45) is 23.5 Å². The van der Waals surface area contributed by atoms with E-state index in [0.29, 0.717) is 6.42 Å². The molecule has 214 valence electrons. The van der Waals surface area contributed by atoms with Crippen LogP contribution in [0.4, 0.5) is 10.1 Å². The van der Waals surface area contributed by atoms with Gasteiger partial charge in [-0.05, 0) is 45.7 Å². The molecule has 12 heteroatoms. The van der Waals surface area contributed by atoms with E-state index in [1.165, 1.54) is 19.0 Å². The summed E-state index contributed by atoms with van der Waals surface area (Å²) in [6.45, 7) is 1.97. The zero-order valence-corrected chi connectivity index (χ0v) is 22.4. The number of halogens is 1. The topological polar surface area (TPSA) is 190 Å². The van der Waals surface area contributed by atoms with Crippen LogP contribution in [-0.2, 0) is 32.0 Å². The average Bonchev–Trinajstić information content (AvgIpc) is 2.88. The number of ketones is 2. The number of nitrogens with two attached hydrogens (primary N) is 1. The summed E-state index contributed by atoms with van der Waals surface area (Å²) >= 11 is 0. The fraction of sp³-hybridized carbons (Fsp3) is 0.500. The number of phenols is 1. The second-order valence-corrected chi connectivity index (χ2v) is 11.4. The number of aliphatic hydroxyl groups is 3. The fourth-order valence-corrected chi connectivity index (χ4v) is 6.97. The highest BCUT2D eigenvalue weighted by Crippen LogP contribution is 2.54. The molecule has 40 heavy (non-hydrogen) atoms. The summed E-state index contributed by atoms with van der Waals surface area (Å²) in [4.78, 5) is 53.2. The molecular formula is C28H32FN3O8. The molecule has 1 fully saturated rings. The van der Waals surface area contributed by atoms with Gasteiger partial charge in [0.15, 0.2) is 17.1 Å². The maximum absolute atomic E-state index is 16.1. The maximum Gasteiger partial charge on any atom is 0.255 e. The maximum atomic E-state index is 16.1. The van der Waals surface area contributed by atoms with E-state index in [2.05, 4.69) is 5.32 Å². The Morgan fingerprint density at radius 2 is 1.82 bits per heavy atom. The lowest BCUT2D eigenvalue weighted by molar-refractivity contribution is -0.153. The standard InChI is InChI=1S/C28H32FN3O8/c1-4-5-6-10-7-13-18(29)12-8-11-9-14-20(32(2)3)23(35)17(26(30)38)25(37)28(14,40)24(36)15(11)21(33)16(12)22(34)19(13)31-27(10)39/h10-11,14,20,33-34,37,40H,4-9H2,1-3H3,(H2,30,38)(H,31,39)/t10?,11-,14-,20-,28-/m1/s1. The lowest BCUT2D eigenvalue weighted by atomic mass is 9.57. The molecule has 2 amide bonds. The van der Waals surface area contributed by atoms with Crippen molar-refractivity contribution in [3.63, 3.8) is 0 Å². The summed E-state index contributed by atoms with van der Waals surface area (Å²) in [7, 11) is 3.00. The Morgan fingerprint density at radius 1 is 1.15 bits per heavy atom. The normalized spacial score (nSPS) is 29.6. The highest BCUT2D eigenvalue weighted by Gasteiger charge is 2.64. The Kier molecular flexibility index (Phi) is 6.54. The molecule has 11 nitrogen and oxygen atoms in total. The summed E-state index contributed by atoms with van der Waals surface area (Å²) < 4.78 is 16.1. The Balaban J connectivity index is 1.68. The van der Waals surface area contributed by atoms with E-state index in [1.54, 1.807) is 0 Å². The third-order valence-corrected chi connectivity index (χ3v) is 8.90. The number of nitrogens with zero attached hydrogens (tertiary/aromatic N) is 1. The van der Waals surface area contributed by atoms with Crippen molar-refractivity contribution >= 4 is 34.8 Å². The molecule has 1 saturated carbocycles. The number of aromatic hydroxyl groups is 1. The smallest absolute Gasteiger partial charge is 0.255 e. The highest BCUT2D eigenvalue weighted by atomic mass is 19.1. The van der Waals surface area contributed by atoms with Crippen LogP contribution >= 0.6 is 0 Å². The van der Waals surface area contributed by atoms with Crippen molar-refractivity contribution in [1.29, 1.82) is 0 Å².